The maximum absolute atomic E-state index is 12.6. The summed E-state index contributed by atoms with van der Waals surface area (Å²) in [6.45, 7) is 3.69. The maximum Gasteiger partial charge on any atom is 0.236 e. The molecule has 1 aromatic carbocycles. The Bertz CT molecular complexity index is 512. The number of carbonyl (C=O) groups is 1. The predicted molar refractivity (Wildman–Crippen MR) is 82.9 cm³/mol. The Kier molecular flexibility index (Phi) is 3.89. The van der Waals surface area contributed by atoms with Crippen LogP contribution in [0.25, 0.3) is 0 Å². The molecule has 1 atom stereocenters. The van der Waals surface area contributed by atoms with Crippen molar-refractivity contribution in [1.29, 1.82) is 0 Å². The SMILES string of the molecule is CN1CCN(C(=O)C2CCc3cc(N)ccc3S2)CC1. The number of nitrogen functional groups attached to an aromatic ring is 1. The lowest BCUT2D eigenvalue weighted by Crippen LogP contribution is -2.50. The average Bonchev–Trinajstić information content (AvgIpc) is 2.47. The number of hydrogen-bond acceptors (Lipinski definition) is 4. The summed E-state index contributed by atoms with van der Waals surface area (Å²) in [6, 6.07) is 6.02. The number of thioether (sulfide) groups is 1. The zero-order chi connectivity index (χ0) is 14.1. The first kappa shape index (κ1) is 13.8. The van der Waals surface area contributed by atoms with Crippen molar-refractivity contribution in [3.8, 4) is 0 Å². The van der Waals surface area contributed by atoms with Gasteiger partial charge < -0.3 is 15.5 Å². The predicted octanol–water partition coefficient (Wildman–Crippen LogP) is 1.45. The number of anilines is 1. The number of fused-ring (bicyclic) bond motifs is 1. The number of aryl methyl sites for hydroxylation is 1. The quantitative estimate of drug-likeness (QED) is 0.796. The summed E-state index contributed by atoms with van der Waals surface area (Å²) in [7, 11) is 2.11. The first-order chi connectivity index (χ1) is 9.63. The van der Waals surface area contributed by atoms with Gasteiger partial charge in [0, 0.05) is 36.8 Å². The summed E-state index contributed by atoms with van der Waals surface area (Å²) in [6.07, 6.45) is 1.88. The minimum absolute atomic E-state index is 0.0783. The lowest BCUT2D eigenvalue weighted by atomic mass is 10.1. The van der Waals surface area contributed by atoms with Crippen molar-refractivity contribution in [1.82, 2.24) is 9.80 Å². The molecule has 2 aliphatic heterocycles. The van der Waals surface area contributed by atoms with Gasteiger partial charge in [-0.1, -0.05) is 0 Å². The van der Waals surface area contributed by atoms with Gasteiger partial charge in [-0.25, -0.2) is 0 Å². The molecular formula is C15H21N3OS. The molecule has 4 nitrogen and oxygen atoms in total. The molecule has 0 radical (unpaired) electrons. The third kappa shape index (κ3) is 2.79. The molecule has 2 heterocycles. The van der Waals surface area contributed by atoms with Crippen LogP contribution in [0.4, 0.5) is 5.69 Å². The Morgan fingerprint density at radius 3 is 2.80 bits per heavy atom. The number of amides is 1. The van der Waals surface area contributed by atoms with Gasteiger partial charge in [0.2, 0.25) is 5.91 Å². The number of nitrogens with two attached hydrogens (primary N) is 1. The smallest absolute Gasteiger partial charge is 0.236 e. The van der Waals surface area contributed by atoms with Crippen LogP contribution in [-0.2, 0) is 11.2 Å². The van der Waals surface area contributed by atoms with Crippen molar-refractivity contribution in [2.24, 2.45) is 0 Å². The molecule has 3 rings (SSSR count). The fraction of sp³-hybridized carbons (Fsp3) is 0.533. The highest BCUT2D eigenvalue weighted by Crippen LogP contribution is 2.37. The van der Waals surface area contributed by atoms with Gasteiger partial charge in [-0.2, -0.15) is 0 Å². The highest BCUT2D eigenvalue weighted by atomic mass is 32.2. The largest absolute Gasteiger partial charge is 0.399 e. The molecule has 1 unspecified atom stereocenters. The van der Waals surface area contributed by atoms with Crippen molar-refractivity contribution >= 4 is 23.4 Å². The number of hydrogen-bond donors (Lipinski definition) is 1. The lowest BCUT2D eigenvalue weighted by molar-refractivity contribution is -0.132. The first-order valence-corrected chi connectivity index (χ1v) is 8.04. The number of piperazine rings is 1. The van der Waals surface area contributed by atoms with E-state index in [1.807, 2.05) is 17.0 Å². The molecule has 0 saturated carbocycles. The Morgan fingerprint density at radius 2 is 2.05 bits per heavy atom. The summed E-state index contributed by atoms with van der Waals surface area (Å²) >= 11 is 1.71. The Labute approximate surface area is 124 Å². The monoisotopic (exact) mass is 291 g/mol. The Morgan fingerprint density at radius 1 is 1.30 bits per heavy atom. The Hall–Kier alpha value is -1.20. The molecular weight excluding hydrogens is 270 g/mol. The van der Waals surface area contributed by atoms with Gasteiger partial charge in [0.25, 0.3) is 0 Å². The van der Waals surface area contributed by atoms with Crippen LogP contribution in [0.1, 0.15) is 12.0 Å². The van der Waals surface area contributed by atoms with Gasteiger partial charge in [0.15, 0.2) is 0 Å². The average molecular weight is 291 g/mol. The van der Waals surface area contributed by atoms with Crippen LogP contribution >= 0.6 is 11.8 Å². The third-order valence-electron chi connectivity index (χ3n) is 4.12. The first-order valence-electron chi connectivity index (χ1n) is 7.16. The van der Waals surface area contributed by atoms with E-state index in [2.05, 4.69) is 18.0 Å². The van der Waals surface area contributed by atoms with E-state index in [0.29, 0.717) is 5.91 Å². The summed E-state index contributed by atoms with van der Waals surface area (Å²) in [5.41, 5.74) is 7.92. The van der Waals surface area contributed by atoms with Gasteiger partial charge in [0.05, 0.1) is 5.25 Å². The van der Waals surface area contributed by atoms with E-state index in [-0.39, 0.29) is 5.25 Å². The lowest BCUT2D eigenvalue weighted by Gasteiger charge is -2.35. The number of benzene rings is 1. The molecule has 20 heavy (non-hydrogen) atoms. The number of likely N-dealkylation sites (N-methyl/N-ethyl adjacent to an activating group) is 1. The topological polar surface area (TPSA) is 49.6 Å². The molecule has 5 heteroatoms. The van der Waals surface area contributed by atoms with Crippen LogP contribution in [0.2, 0.25) is 0 Å². The Balaban J connectivity index is 1.67. The normalized spacial score (nSPS) is 23.4. The molecule has 1 fully saturated rings. The zero-order valence-corrected chi connectivity index (χ0v) is 12.7. The maximum atomic E-state index is 12.6. The van der Waals surface area contributed by atoms with Crippen LogP contribution in [0.3, 0.4) is 0 Å². The number of nitrogens with zero attached hydrogens (tertiary/aromatic N) is 2. The molecule has 1 amide bonds. The van der Waals surface area contributed by atoms with Gasteiger partial charge >= 0.3 is 0 Å². The highest BCUT2D eigenvalue weighted by molar-refractivity contribution is 8.00. The molecule has 0 spiro atoms. The zero-order valence-electron chi connectivity index (χ0n) is 11.8. The van der Waals surface area contributed by atoms with Crippen molar-refractivity contribution in [3.05, 3.63) is 23.8 Å². The minimum Gasteiger partial charge on any atom is -0.399 e. The second kappa shape index (κ2) is 5.66. The summed E-state index contributed by atoms with van der Waals surface area (Å²) in [5, 5.41) is 0.0783. The van der Waals surface area contributed by atoms with Gasteiger partial charge in [0.1, 0.15) is 0 Å². The molecule has 0 bridgehead atoms. The molecule has 2 N–H and O–H groups in total. The third-order valence-corrected chi connectivity index (χ3v) is 5.49. The molecule has 1 saturated heterocycles. The molecule has 108 valence electrons. The summed E-state index contributed by atoms with van der Waals surface area (Å²) in [5.74, 6) is 0.311. The van der Waals surface area contributed by atoms with Crippen LogP contribution in [-0.4, -0.2) is 54.2 Å². The van der Waals surface area contributed by atoms with Gasteiger partial charge in [-0.15, -0.1) is 11.8 Å². The highest BCUT2D eigenvalue weighted by Gasteiger charge is 2.30. The van der Waals surface area contributed by atoms with Crippen molar-refractivity contribution < 1.29 is 4.79 Å². The molecule has 0 aromatic heterocycles. The van der Waals surface area contributed by atoms with Gasteiger partial charge in [-0.05, 0) is 43.7 Å². The van der Waals surface area contributed by atoms with Crippen LogP contribution < -0.4 is 5.73 Å². The number of carbonyl (C=O) groups excluding carboxylic acids is 1. The van der Waals surface area contributed by atoms with E-state index in [9.17, 15) is 4.79 Å². The van der Waals surface area contributed by atoms with Crippen LogP contribution in [0, 0.1) is 0 Å². The van der Waals surface area contributed by atoms with E-state index in [1.165, 1.54) is 10.5 Å². The van der Waals surface area contributed by atoms with E-state index >= 15 is 0 Å². The van der Waals surface area contributed by atoms with Crippen molar-refractivity contribution in [2.45, 2.75) is 23.0 Å². The fourth-order valence-electron chi connectivity index (χ4n) is 2.81. The van der Waals surface area contributed by atoms with Crippen molar-refractivity contribution in [3.63, 3.8) is 0 Å². The second-order valence-electron chi connectivity index (χ2n) is 5.64. The van der Waals surface area contributed by atoms with Gasteiger partial charge in [-0.3, -0.25) is 4.79 Å². The molecule has 1 aromatic rings. The summed E-state index contributed by atoms with van der Waals surface area (Å²) in [4.78, 5) is 18.1. The second-order valence-corrected chi connectivity index (χ2v) is 6.89. The van der Waals surface area contributed by atoms with E-state index < -0.39 is 0 Å². The molecule has 0 aliphatic carbocycles. The van der Waals surface area contributed by atoms with Crippen LogP contribution in [0.5, 0.6) is 0 Å². The van der Waals surface area contributed by atoms with E-state index in [1.54, 1.807) is 11.8 Å². The molecule has 2 aliphatic rings. The standard InChI is InChI=1S/C15H21N3OS/c1-17-6-8-18(9-7-17)15(19)14-4-2-11-10-12(16)3-5-13(11)20-14/h3,5,10,14H,2,4,6-9,16H2,1H3. The van der Waals surface area contributed by atoms with E-state index in [0.717, 1.165) is 44.7 Å². The summed E-state index contributed by atoms with van der Waals surface area (Å²) < 4.78 is 0. The minimum atomic E-state index is 0.0783. The number of rotatable bonds is 1. The fourth-order valence-corrected chi connectivity index (χ4v) is 4.06. The van der Waals surface area contributed by atoms with E-state index in [4.69, 9.17) is 5.73 Å². The van der Waals surface area contributed by atoms with Crippen LogP contribution in [0.15, 0.2) is 23.1 Å². The van der Waals surface area contributed by atoms with Crippen molar-refractivity contribution in [2.75, 3.05) is 39.0 Å².